The van der Waals surface area contributed by atoms with Crippen LogP contribution in [-0.4, -0.2) is 11.5 Å². The van der Waals surface area contributed by atoms with E-state index in [1.165, 1.54) is 17.3 Å². The van der Waals surface area contributed by atoms with Gasteiger partial charge in [-0.05, 0) is 37.6 Å². The molecular formula is C18H16O2S. The average molecular weight is 296 g/mol. The van der Waals surface area contributed by atoms with Crippen molar-refractivity contribution in [1.82, 2.24) is 0 Å². The van der Waals surface area contributed by atoms with Crippen molar-refractivity contribution < 1.29 is 9.21 Å². The summed E-state index contributed by atoms with van der Waals surface area (Å²) in [5.41, 5.74) is 3.08. The fourth-order valence-electron chi connectivity index (χ4n) is 2.20. The summed E-state index contributed by atoms with van der Waals surface area (Å²) >= 11 is 1.54. The van der Waals surface area contributed by atoms with E-state index in [0.717, 1.165) is 21.4 Å². The number of benzene rings is 2. The van der Waals surface area contributed by atoms with Crippen LogP contribution in [0.5, 0.6) is 0 Å². The molecule has 3 heteroatoms. The van der Waals surface area contributed by atoms with Crippen LogP contribution in [-0.2, 0) is 0 Å². The van der Waals surface area contributed by atoms with E-state index >= 15 is 0 Å². The van der Waals surface area contributed by atoms with E-state index in [-0.39, 0.29) is 5.78 Å². The number of fused-ring (bicyclic) bond motifs is 1. The molecule has 0 bridgehead atoms. The lowest BCUT2D eigenvalue weighted by Crippen LogP contribution is -2.00. The predicted octanol–water partition coefficient (Wildman–Crippen LogP) is 5.02. The molecule has 0 fully saturated rings. The van der Waals surface area contributed by atoms with E-state index < -0.39 is 0 Å². The zero-order chi connectivity index (χ0) is 14.8. The topological polar surface area (TPSA) is 30.2 Å². The van der Waals surface area contributed by atoms with Gasteiger partial charge in [0.2, 0.25) is 5.78 Å². The van der Waals surface area contributed by atoms with E-state index in [2.05, 4.69) is 19.1 Å². The lowest BCUT2D eigenvalue weighted by atomic mass is 10.2. The third-order valence-corrected chi connectivity index (χ3v) is 4.42. The van der Waals surface area contributed by atoms with Crippen LogP contribution in [0.3, 0.4) is 0 Å². The van der Waals surface area contributed by atoms with Gasteiger partial charge in [-0.1, -0.05) is 35.9 Å². The van der Waals surface area contributed by atoms with Gasteiger partial charge in [-0.3, -0.25) is 4.79 Å². The minimum absolute atomic E-state index is 0.0242. The highest BCUT2D eigenvalue weighted by Gasteiger charge is 2.13. The van der Waals surface area contributed by atoms with Crippen molar-refractivity contribution in [3.8, 4) is 0 Å². The highest BCUT2D eigenvalue weighted by Crippen LogP contribution is 2.25. The van der Waals surface area contributed by atoms with Crippen molar-refractivity contribution in [3.05, 3.63) is 65.4 Å². The highest BCUT2D eigenvalue weighted by molar-refractivity contribution is 8.00. The van der Waals surface area contributed by atoms with Gasteiger partial charge < -0.3 is 4.42 Å². The zero-order valence-corrected chi connectivity index (χ0v) is 12.9. The van der Waals surface area contributed by atoms with Crippen molar-refractivity contribution in [2.75, 3.05) is 5.75 Å². The molecule has 0 N–H and O–H groups in total. The number of aryl methyl sites for hydroxylation is 2. The Bertz CT molecular complexity index is 785. The molecule has 0 saturated carbocycles. The summed E-state index contributed by atoms with van der Waals surface area (Å²) in [5, 5.41) is 0.985. The molecule has 0 aliphatic heterocycles. The van der Waals surface area contributed by atoms with Gasteiger partial charge >= 0.3 is 0 Å². The molecular weight excluding hydrogens is 280 g/mol. The van der Waals surface area contributed by atoms with E-state index in [0.29, 0.717) is 11.5 Å². The Labute approximate surface area is 128 Å². The third kappa shape index (κ3) is 3.03. The molecule has 106 valence electrons. The Morgan fingerprint density at radius 2 is 1.86 bits per heavy atom. The van der Waals surface area contributed by atoms with Crippen LogP contribution in [0, 0.1) is 13.8 Å². The van der Waals surface area contributed by atoms with Crippen molar-refractivity contribution in [3.63, 3.8) is 0 Å². The van der Waals surface area contributed by atoms with Gasteiger partial charge in [0.05, 0.1) is 5.75 Å². The monoisotopic (exact) mass is 296 g/mol. The maximum absolute atomic E-state index is 12.3. The Morgan fingerprint density at radius 1 is 1.10 bits per heavy atom. The van der Waals surface area contributed by atoms with Gasteiger partial charge in [0.15, 0.2) is 5.76 Å². The number of hydrogen-bond acceptors (Lipinski definition) is 3. The number of rotatable bonds is 4. The van der Waals surface area contributed by atoms with Crippen LogP contribution in [0.15, 0.2) is 57.8 Å². The molecule has 0 aliphatic rings. The first-order valence-electron chi connectivity index (χ1n) is 6.85. The lowest BCUT2D eigenvalue weighted by Gasteiger charge is -2.00. The maximum atomic E-state index is 12.3. The summed E-state index contributed by atoms with van der Waals surface area (Å²) in [6.07, 6.45) is 0. The van der Waals surface area contributed by atoms with Gasteiger partial charge in [-0.2, -0.15) is 0 Å². The number of ketones is 1. The van der Waals surface area contributed by atoms with Crippen molar-refractivity contribution in [2.24, 2.45) is 0 Å². The minimum atomic E-state index is 0.0242. The molecule has 0 saturated heterocycles. The molecule has 1 aromatic heterocycles. The quantitative estimate of drug-likeness (QED) is 0.500. The molecule has 21 heavy (non-hydrogen) atoms. The normalized spacial score (nSPS) is 11.0. The van der Waals surface area contributed by atoms with Crippen molar-refractivity contribution >= 4 is 28.5 Å². The highest BCUT2D eigenvalue weighted by atomic mass is 32.2. The standard InChI is InChI=1S/C18H16O2S/c1-12-6-8-15(9-7-12)21-11-16(19)17-10-14-5-3-4-13(2)18(14)20-17/h3-10H,11H2,1-2H3. The summed E-state index contributed by atoms with van der Waals surface area (Å²) in [6, 6.07) is 15.9. The van der Waals surface area contributed by atoms with Crippen molar-refractivity contribution in [1.29, 1.82) is 0 Å². The molecule has 3 rings (SSSR count). The van der Waals surface area contributed by atoms with Crippen LogP contribution in [0.4, 0.5) is 0 Å². The Hall–Kier alpha value is -2.00. The van der Waals surface area contributed by atoms with E-state index in [1.807, 2.05) is 43.3 Å². The SMILES string of the molecule is Cc1ccc(SCC(=O)c2cc3cccc(C)c3o2)cc1. The minimum Gasteiger partial charge on any atom is -0.453 e. The number of thioether (sulfide) groups is 1. The number of carbonyl (C=O) groups is 1. The van der Waals surface area contributed by atoms with Gasteiger partial charge in [-0.15, -0.1) is 11.8 Å². The average Bonchev–Trinajstić information content (AvgIpc) is 2.92. The predicted molar refractivity (Wildman–Crippen MR) is 87.2 cm³/mol. The molecule has 3 aromatic rings. The summed E-state index contributed by atoms with van der Waals surface area (Å²) in [4.78, 5) is 13.3. The summed E-state index contributed by atoms with van der Waals surface area (Å²) in [6.45, 7) is 4.04. The fourth-order valence-corrected chi connectivity index (χ4v) is 2.97. The number of furan rings is 1. The van der Waals surface area contributed by atoms with Crippen LogP contribution in [0.2, 0.25) is 0 Å². The largest absolute Gasteiger partial charge is 0.453 e. The van der Waals surface area contributed by atoms with Gasteiger partial charge in [0.1, 0.15) is 5.58 Å². The van der Waals surface area contributed by atoms with Crippen LogP contribution in [0.25, 0.3) is 11.0 Å². The number of Topliss-reactive ketones (excluding diaryl/α,β-unsaturated/α-hetero) is 1. The Kier molecular flexibility index (Phi) is 3.84. The second kappa shape index (κ2) is 5.78. The maximum Gasteiger partial charge on any atom is 0.208 e. The molecule has 2 nitrogen and oxygen atoms in total. The molecule has 0 unspecified atom stereocenters. The van der Waals surface area contributed by atoms with Gasteiger partial charge in [0.25, 0.3) is 0 Å². The Balaban J connectivity index is 1.75. The first kappa shape index (κ1) is 14.0. The smallest absolute Gasteiger partial charge is 0.208 e. The van der Waals surface area contributed by atoms with E-state index in [4.69, 9.17) is 4.42 Å². The summed E-state index contributed by atoms with van der Waals surface area (Å²) in [5.74, 6) is 0.858. The van der Waals surface area contributed by atoms with Crippen molar-refractivity contribution in [2.45, 2.75) is 18.7 Å². The number of hydrogen-bond donors (Lipinski definition) is 0. The molecule has 0 atom stereocenters. The third-order valence-electron chi connectivity index (χ3n) is 3.41. The van der Waals surface area contributed by atoms with Gasteiger partial charge in [-0.25, -0.2) is 0 Å². The molecule has 1 heterocycles. The number of carbonyl (C=O) groups excluding carboxylic acids is 1. The number of para-hydroxylation sites is 1. The lowest BCUT2D eigenvalue weighted by molar-refractivity contribution is 0.0994. The van der Waals surface area contributed by atoms with Crippen LogP contribution >= 0.6 is 11.8 Å². The molecule has 0 spiro atoms. The van der Waals surface area contributed by atoms with E-state index in [1.54, 1.807) is 0 Å². The van der Waals surface area contributed by atoms with Crippen LogP contribution in [0.1, 0.15) is 21.7 Å². The first-order valence-corrected chi connectivity index (χ1v) is 7.84. The van der Waals surface area contributed by atoms with Gasteiger partial charge in [0, 0.05) is 10.3 Å². The second-order valence-corrected chi connectivity index (χ2v) is 6.18. The van der Waals surface area contributed by atoms with E-state index in [9.17, 15) is 4.79 Å². The first-order chi connectivity index (χ1) is 10.1. The molecule has 0 radical (unpaired) electrons. The second-order valence-electron chi connectivity index (χ2n) is 5.13. The summed E-state index contributed by atoms with van der Waals surface area (Å²) in [7, 11) is 0. The van der Waals surface area contributed by atoms with Crippen LogP contribution < -0.4 is 0 Å². The molecule has 2 aromatic carbocycles. The molecule has 0 amide bonds. The zero-order valence-electron chi connectivity index (χ0n) is 12.1. The fraction of sp³-hybridized carbons (Fsp3) is 0.167. The Morgan fingerprint density at radius 3 is 2.57 bits per heavy atom. The summed E-state index contributed by atoms with van der Waals surface area (Å²) < 4.78 is 5.71. The molecule has 0 aliphatic carbocycles.